The van der Waals surface area contributed by atoms with Crippen LogP contribution in [-0.2, 0) is 9.84 Å². The molecule has 0 fully saturated rings. The van der Waals surface area contributed by atoms with Gasteiger partial charge in [0.15, 0.2) is 20.7 Å². The number of nitrogens with one attached hydrogen (secondary N) is 1. The minimum Gasteiger partial charge on any atom is -0.319 e. The average Bonchev–Trinajstić information content (AvgIpc) is 2.93. The Balaban J connectivity index is 2.04. The lowest BCUT2D eigenvalue weighted by atomic mass is 10.1. The van der Waals surface area contributed by atoms with Gasteiger partial charge in [-0.2, -0.15) is 5.10 Å². The highest BCUT2D eigenvalue weighted by Gasteiger charge is 2.37. The number of H-pyrrole nitrogens is 1. The smallest absolute Gasteiger partial charge is 0.198 e. The van der Waals surface area contributed by atoms with Crippen LogP contribution in [0.2, 0.25) is 0 Å². The first-order chi connectivity index (χ1) is 8.97. The second-order valence-electron chi connectivity index (χ2n) is 4.26. The number of aliphatic imine (C=N–C) groups is 2. The highest BCUT2D eigenvalue weighted by atomic mass is 79.9. The SMILES string of the molecule is CS(=O)(=O)C1=NC(Br)=CN2C1=NCC2c1cn[nH]c1. The maximum Gasteiger partial charge on any atom is 0.198 e. The number of sulfone groups is 1. The molecule has 1 atom stereocenters. The predicted molar refractivity (Wildman–Crippen MR) is 74.8 cm³/mol. The molecule has 2 aliphatic heterocycles. The molecule has 19 heavy (non-hydrogen) atoms. The summed E-state index contributed by atoms with van der Waals surface area (Å²) in [5.41, 5.74) is 0.949. The molecule has 0 aliphatic carbocycles. The number of rotatable bonds is 1. The van der Waals surface area contributed by atoms with Gasteiger partial charge in [0.25, 0.3) is 0 Å². The number of hydrogen-bond donors (Lipinski definition) is 1. The lowest BCUT2D eigenvalue weighted by Crippen LogP contribution is -2.37. The first-order valence-corrected chi connectivity index (χ1v) is 8.13. The summed E-state index contributed by atoms with van der Waals surface area (Å²) in [6.07, 6.45) is 6.34. The van der Waals surface area contributed by atoms with Gasteiger partial charge < -0.3 is 4.90 Å². The van der Waals surface area contributed by atoms with Crippen molar-refractivity contribution in [3.05, 3.63) is 28.8 Å². The highest BCUT2D eigenvalue weighted by Crippen LogP contribution is 2.31. The van der Waals surface area contributed by atoms with Crippen LogP contribution in [0.1, 0.15) is 11.6 Å². The molecule has 3 heterocycles. The molecule has 1 aromatic heterocycles. The van der Waals surface area contributed by atoms with Crippen LogP contribution in [0.15, 0.2) is 33.2 Å². The quantitative estimate of drug-likeness (QED) is 0.764. The maximum atomic E-state index is 11.8. The standard InChI is InChI=1S/C10H10BrN5O2S/c1-19(17,18)10-9-12-4-7(6-2-13-14-3-6)16(9)5-8(11)15-10/h2-3,5,7H,4H2,1H3,(H,13,14). The topological polar surface area (TPSA) is 90.8 Å². The third-order valence-electron chi connectivity index (χ3n) is 2.89. The van der Waals surface area contributed by atoms with E-state index < -0.39 is 9.84 Å². The van der Waals surface area contributed by atoms with Gasteiger partial charge in [-0.05, 0) is 15.9 Å². The Morgan fingerprint density at radius 1 is 1.53 bits per heavy atom. The molecule has 9 heteroatoms. The van der Waals surface area contributed by atoms with Gasteiger partial charge in [-0.15, -0.1) is 0 Å². The van der Waals surface area contributed by atoms with Crippen LogP contribution in [0.4, 0.5) is 0 Å². The van der Waals surface area contributed by atoms with Gasteiger partial charge in [0.05, 0.1) is 18.8 Å². The van der Waals surface area contributed by atoms with E-state index in [0.717, 1.165) is 11.8 Å². The van der Waals surface area contributed by atoms with E-state index in [0.29, 0.717) is 17.0 Å². The molecule has 1 aromatic rings. The van der Waals surface area contributed by atoms with Crippen LogP contribution < -0.4 is 0 Å². The first-order valence-electron chi connectivity index (χ1n) is 5.45. The fourth-order valence-electron chi connectivity index (χ4n) is 2.07. The van der Waals surface area contributed by atoms with Gasteiger partial charge in [-0.3, -0.25) is 10.1 Å². The molecule has 100 valence electrons. The molecule has 3 rings (SSSR count). The van der Waals surface area contributed by atoms with E-state index in [4.69, 9.17) is 0 Å². The van der Waals surface area contributed by atoms with Crippen molar-refractivity contribution in [2.45, 2.75) is 6.04 Å². The highest BCUT2D eigenvalue weighted by molar-refractivity contribution is 9.11. The molecule has 1 unspecified atom stereocenters. The summed E-state index contributed by atoms with van der Waals surface area (Å²) in [5.74, 6) is 0.386. The molecule has 0 saturated carbocycles. The van der Waals surface area contributed by atoms with Crippen molar-refractivity contribution in [1.82, 2.24) is 15.1 Å². The summed E-state index contributed by atoms with van der Waals surface area (Å²) in [4.78, 5) is 10.1. The van der Waals surface area contributed by atoms with Crippen molar-refractivity contribution in [1.29, 1.82) is 0 Å². The molecule has 2 aliphatic rings. The van der Waals surface area contributed by atoms with Gasteiger partial charge in [0.1, 0.15) is 4.61 Å². The summed E-state index contributed by atoms with van der Waals surface area (Å²) in [7, 11) is -3.42. The summed E-state index contributed by atoms with van der Waals surface area (Å²) in [6.45, 7) is 0.472. The number of nitrogens with zero attached hydrogens (tertiary/aromatic N) is 4. The van der Waals surface area contributed by atoms with Crippen molar-refractivity contribution in [3.63, 3.8) is 0 Å². The van der Waals surface area contributed by atoms with E-state index in [9.17, 15) is 8.42 Å². The third kappa shape index (κ3) is 2.12. The zero-order valence-corrected chi connectivity index (χ0v) is 12.3. The van der Waals surface area contributed by atoms with Gasteiger partial charge in [-0.25, -0.2) is 13.4 Å². The lowest BCUT2D eigenvalue weighted by molar-refractivity contribution is 0.458. The molecular weight excluding hydrogens is 334 g/mol. The number of halogens is 1. The Bertz CT molecular complexity index is 704. The Kier molecular flexibility index (Phi) is 2.82. The van der Waals surface area contributed by atoms with E-state index in [1.807, 2.05) is 0 Å². The van der Waals surface area contributed by atoms with E-state index in [2.05, 4.69) is 36.1 Å². The second kappa shape index (κ2) is 4.27. The van der Waals surface area contributed by atoms with Gasteiger partial charge in [-0.1, -0.05) is 0 Å². The molecule has 7 nitrogen and oxygen atoms in total. The van der Waals surface area contributed by atoms with Crippen molar-refractivity contribution >= 4 is 36.6 Å². The zero-order valence-electron chi connectivity index (χ0n) is 9.91. The molecule has 0 aromatic carbocycles. The molecule has 0 amide bonds. The number of aromatic nitrogens is 2. The van der Waals surface area contributed by atoms with E-state index in [1.54, 1.807) is 23.5 Å². The third-order valence-corrected chi connectivity index (χ3v) is 4.25. The van der Waals surface area contributed by atoms with E-state index in [-0.39, 0.29) is 11.1 Å². The number of fused-ring (bicyclic) bond motifs is 1. The van der Waals surface area contributed by atoms with Crippen LogP contribution in [-0.4, -0.2) is 47.2 Å². The van der Waals surface area contributed by atoms with E-state index >= 15 is 0 Å². The predicted octanol–water partition coefficient (Wildman–Crippen LogP) is 0.815. The maximum absolute atomic E-state index is 11.8. The van der Waals surface area contributed by atoms with Crippen LogP contribution >= 0.6 is 15.9 Å². The minimum atomic E-state index is -3.42. The largest absolute Gasteiger partial charge is 0.319 e. The zero-order chi connectivity index (χ0) is 13.6. The van der Waals surface area contributed by atoms with Gasteiger partial charge >= 0.3 is 0 Å². The van der Waals surface area contributed by atoms with Crippen molar-refractivity contribution in [2.24, 2.45) is 9.98 Å². The number of aromatic amines is 1. The van der Waals surface area contributed by atoms with Crippen molar-refractivity contribution < 1.29 is 8.42 Å². The Labute approximate surface area is 118 Å². The Hall–Kier alpha value is -1.48. The summed E-state index contributed by atoms with van der Waals surface area (Å²) in [6, 6.07) is -0.0615. The molecule has 0 saturated heterocycles. The summed E-state index contributed by atoms with van der Waals surface area (Å²) >= 11 is 3.24. The molecule has 1 N–H and O–H groups in total. The van der Waals surface area contributed by atoms with Crippen molar-refractivity contribution in [3.8, 4) is 0 Å². The summed E-state index contributed by atoms with van der Waals surface area (Å²) < 4.78 is 24.0. The molecule has 0 radical (unpaired) electrons. The summed E-state index contributed by atoms with van der Waals surface area (Å²) in [5, 5.41) is 6.65. The fourth-order valence-corrected chi connectivity index (χ4v) is 3.35. The first kappa shape index (κ1) is 12.5. The van der Waals surface area contributed by atoms with Crippen LogP contribution in [0.3, 0.4) is 0 Å². The van der Waals surface area contributed by atoms with Gasteiger partial charge in [0.2, 0.25) is 0 Å². The fraction of sp³-hybridized carbons (Fsp3) is 0.300. The number of amidine groups is 1. The van der Waals surface area contributed by atoms with E-state index in [1.165, 1.54) is 0 Å². The monoisotopic (exact) mass is 343 g/mol. The normalized spacial score (nSPS) is 22.7. The molecular formula is C10H10BrN5O2S. The van der Waals surface area contributed by atoms with Crippen LogP contribution in [0.5, 0.6) is 0 Å². The van der Waals surface area contributed by atoms with Crippen LogP contribution in [0.25, 0.3) is 0 Å². The van der Waals surface area contributed by atoms with Crippen LogP contribution in [0, 0.1) is 0 Å². The average molecular weight is 344 g/mol. The lowest BCUT2D eigenvalue weighted by Gasteiger charge is -2.26. The Morgan fingerprint density at radius 3 is 2.95 bits per heavy atom. The minimum absolute atomic E-state index is 0.00660. The molecule has 0 spiro atoms. The number of hydrogen-bond acceptors (Lipinski definition) is 6. The molecule has 0 bridgehead atoms. The van der Waals surface area contributed by atoms with Crippen molar-refractivity contribution in [2.75, 3.05) is 12.8 Å². The van der Waals surface area contributed by atoms with Gasteiger partial charge in [0, 0.05) is 24.2 Å². The Morgan fingerprint density at radius 2 is 2.32 bits per heavy atom. The second-order valence-corrected chi connectivity index (χ2v) is 7.00.